The summed E-state index contributed by atoms with van der Waals surface area (Å²) in [5, 5.41) is 0. The summed E-state index contributed by atoms with van der Waals surface area (Å²) in [5.41, 5.74) is 0.363. The second kappa shape index (κ2) is 5.82. The highest BCUT2D eigenvalue weighted by Crippen LogP contribution is 2.13. The minimum atomic E-state index is -3.22. The predicted molar refractivity (Wildman–Crippen MR) is 64.7 cm³/mol. The topological polar surface area (TPSA) is 60.4 Å². The van der Waals surface area contributed by atoms with Gasteiger partial charge in [-0.15, -0.1) is 0 Å². The molecule has 0 saturated heterocycles. The van der Waals surface area contributed by atoms with E-state index in [1.54, 1.807) is 6.92 Å². The number of esters is 1. The van der Waals surface area contributed by atoms with Crippen molar-refractivity contribution < 1.29 is 17.9 Å². The van der Waals surface area contributed by atoms with E-state index in [1.165, 1.54) is 24.3 Å². The van der Waals surface area contributed by atoms with Crippen LogP contribution in [-0.4, -0.2) is 26.7 Å². The summed E-state index contributed by atoms with van der Waals surface area (Å²) in [7, 11) is -3.22. The van der Waals surface area contributed by atoms with Gasteiger partial charge in [-0.1, -0.05) is 6.92 Å². The van der Waals surface area contributed by atoms with Gasteiger partial charge in [0.2, 0.25) is 0 Å². The van der Waals surface area contributed by atoms with Crippen LogP contribution in [0.5, 0.6) is 0 Å². The number of hydrogen-bond acceptors (Lipinski definition) is 4. The number of sulfone groups is 1. The Morgan fingerprint density at radius 1 is 1.18 bits per heavy atom. The summed E-state index contributed by atoms with van der Waals surface area (Å²) in [6.45, 7) is 3.83. The van der Waals surface area contributed by atoms with E-state index >= 15 is 0 Å². The van der Waals surface area contributed by atoms with Crippen LogP contribution in [0, 0.1) is 0 Å². The van der Waals surface area contributed by atoms with Crippen LogP contribution in [0.3, 0.4) is 0 Å². The lowest BCUT2D eigenvalue weighted by Gasteiger charge is -2.04. The van der Waals surface area contributed by atoms with Crippen molar-refractivity contribution in [3.8, 4) is 0 Å². The molecule has 0 saturated carbocycles. The van der Waals surface area contributed by atoms with Crippen LogP contribution in [-0.2, 0) is 14.6 Å². The van der Waals surface area contributed by atoms with E-state index in [4.69, 9.17) is 4.74 Å². The molecule has 5 heteroatoms. The summed E-state index contributed by atoms with van der Waals surface area (Å²) in [6, 6.07) is 5.83. The first kappa shape index (κ1) is 13.7. The molecule has 0 fully saturated rings. The second-order valence-corrected chi connectivity index (χ2v) is 5.67. The highest BCUT2D eigenvalue weighted by Gasteiger charge is 2.14. The molecule has 0 aromatic heterocycles. The van der Waals surface area contributed by atoms with E-state index < -0.39 is 15.8 Å². The number of benzene rings is 1. The highest BCUT2D eigenvalue weighted by atomic mass is 32.2. The van der Waals surface area contributed by atoms with Crippen molar-refractivity contribution in [3.63, 3.8) is 0 Å². The minimum Gasteiger partial charge on any atom is -0.462 e. The van der Waals surface area contributed by atoms with Crippen molar-refractivity contribution in [2.24, 2.45) is 0 Å². The number of hydrogen-bond donors (Lipinski definition) is 0. The van der Waals surface area contributed by atoms with Crippen molar-refractivity contribution >= 4 is 15.8 Å². The molecule has 1 aromatic carbocycles. The van der Waals surface area contributed by atoms with Gasteiger partial charge in [0, 0.05) is 0 Å². The van der Waals surface area contributed by atoms with Gasteiger partial charge in [0.05, 0.1) is 22.8 Å². The summed E-state index contributed by atoms with van der Waals surface area (Å²) in [4.78, 5) is 11.6. The first-order chi connectivity index (χ1) is 8.01. The largest absolute Gasteiger partial charge is 0.462 e. The zero-order chi connectivity index (χ0) is 12.9. The number of carbonyl (C=O) groups is 1. The van der Waals surface area contributed by atoms with Crippen molar-refractivity contribution in [2.75, 3.05) is 12.4 Å². The average molecular weight is 256 g/mol. The summed E-state index contributed by atoms with van der Waals surface area (Å²) < 4.78 is 28.3. The third-order valence-electron chi connectivity index (χ3n) is 2.20. The SMILES string of the molecule is CCCS(=O)(=O)c1ccc(C(=O)OCC)cc1. The number of ether oxygens (including phenoxy) is 1. The maximum atomic E-state index is 11.7. The molecule has 0 N–H and O–H groups in total. The normalized spacial score (nSPS) is 11.2. The Morgan fingerprint density at radius 2 is 1.76 bits per heavy atom. The zero-order valence-electron chi connectivity index (χ0n) is 9.97. The van der Waals surface area contributed by atoms with Crippen molar-refractivity contribution in [3.05, 3.63) is 29.8 Å². The monoisotopic (exact) mass is 256 g/mol. The standard InChI is InChI=1S/C12H16O4S/c1-3-9-17(14,15)11-7-5-10(6-8-11)12(13)16-4-2/h5-8H,3-4,9H2,1-2H3. The molecular formula is C12H16O4S. The van der Waals surface area contributed by atoms with Gasteiger partial charge < -0.3 is 4.74 Å². The van der Waals surface area contributed by atoms with Gasteiger partial charge in [-0.25, -0.2) is 13.2 Å². The van der Waals surface area contributed by atoms with E-state index in [0.29, 0.717) is 18.6 Å². The molecule has 1 aromatic rings. The first-order valence-corrected chi connectivity index (χ1v) is 7.16. The lowest BCUT2D eigenvalue weighted by atomic mass is 10.2. The molecule has 0 heterocycles. The molecule has 1 rings (SSSR count). The fraction of sp³-hybridized carbons (Fsp3) is 0.417. The predicted octanol–water partition coefficient (Wildman–Crippen LogP) is 2.05. The van der Waals surface area contributed by atoms with Gasteiger partial charge >= 0.3 is 5.97 Å². The molecule has 4 nitrogen and oxygen atoms in total. The van der Waals surface area contributed by atoms with Gasteiger partial charge in [0.25, 0.3) is 0 Å². The van der Waals surface area contributed by atoms with Gasteiger partial charge in [0.15, 0.2) is 9.84 Å². The second-order valence-electron chi connectivity index (χ2n) is 3.56. The smallest absolute Gasteiger partial charge is 0.338 e. The van der Waals surface area contributed by atoms with E-state index in [0.717, 1.165) is 0 Å². The fourth-order valence-corrected chi connectivity index (χ4v) is 2.72. The Kier molecular flexibility index (Phi) is 4.69. The van der Waals surface area contributed by atoms with Gasteiger partial charge in [0.1, 0.15) is 0 Å². The zero-order valence-corrected chi connectivity index (χ0v) is 10.8. The number of rotatable bonds is 5. The molecule has 94 valence electrons. The molecule has 0 amide bonds. The minimum absolute atomic E-state index is 0.117. The fourth-order valence-electron chi connectivity index (χ4n) is 1.40. The molecule has 0 aliphatic carbocycles. The van der Waals surface area contributed by atoms with Crippen LogP contribution in [0.2, 0.25) is 0 Å². The molecule has 0 unspecified atom stereocenters. The molecule has 0 aliphatic rings. The molecule has 17 heavy (non-hydrogen) atoms. The highest BCUT2D eigenvalue weighted by molar-refractivity contribution is 7.91. The summed E-state index contributed by atoms with van der Waals surface area (Å²) in [5.74, 6) is -0.321. The van der Waals surface area contributed by atoms with Crippen molar-refractivity contribution in [1.82, 2.24) is 0 Å². The summed E-state index contributed by atoms with van der Waals surface area (Å²) in [6.07, 6.45) is 0.571. The molecule has 0 atom stereocenters. The Morgan fingerprint density at radius 3 is 2.24 bits per heavy atom. The van der Waals surface area contributed by atoms with Gasteiger partial charge in [-0.2, -0.15) is 0 Å². The Labute approximate surface area is 102 Å². The van der Waals surface area contributed by atoms with Crippen LogP contribution in [0.1, 0.15) is 30.6 Å². The van der Waals surface area contributed by atoms with Crippen LogP contribution in [0.25, 0.3) is 0 Å². The quantitative estimate of drug-likeness (QED) is 0.756. The third-order valence-corrected chi connectivity index (χ3v) is 4.13. The van der Waals surface area contributed by atoms with Crippen molar-refractivity contribution in [2.45, 2.75) is 25.2 Å². The Balaban J connectivity index is 2.92. The average Bonchev–Trinajstić information content (AvgIpc) is 2.29. The van der Waals surface area contributed by atoms with Crippen LogP contribution in [0.4, 0.5) is 0 Å². The molecule has 0 aliphatic heterocycles. The van der Waals surface area contributed by atoms with Crippen molar-refractivity contribution in [1.29, 1.82) is 0 Å². The molecular weight excluding hydrogens is 240 g/mol. The third kappa shape index (κ3) is 3.56. The lowest BCUT2D eigenvalue weighted by molar-refractivity contribution is 0.0526. The maximum Gasteiger partial charge on any atom is 0.338 e. The van der Waals surface area contributed by atoms with Gasteiger partial charge in [-0.05, 0) is 37.6 Å². The van der Waals surface area contributed by atoms with E-state index in [9.17, 15) is 13.2 Å². The number of carbonyl (C=O) groups excluding carboxylic acids is 1. The summed E-state index contributed by atoms with van der Waals surface area (Å²) >= 11 is 0. The lowest BCUT2D eigenvalue weighted by Crippen LogP contribution is -2.08. The first-order valence-electron chi connectivity index (χ1n) is 5.51. The van der Waals surface area contributed by atoms with E-state index in [2.05, 4.69) is 0 Å². The Hall–Kier alpha value is -1.36. The van der Waals surface area contributed by atoms with Crippen LogP contribution in [0.15, 0.2) is 29.2 Å². The van der Waals surface area contributed by atoms with E-state index in [-0.39, 0.29) is 10.6 Å². The molecule has 0 spiro atoms. The van der Waals surface area contributed by atoms with E-state index in [1.807, 2.05) is 6.92 Å². The maximum absolute atomic E-state index is 11.7. The van der Waals surface area contributed by atoms with Crippen LogP contribution < -0.4 is 0 Å². The molecule has 0 radical (unpaired) electrons. The van der Waals surface area contributed by atoms with Crippen LogP contribution >= 0.6 is 0 Å². The van der Waals surface area contributed by atoms with Gasteiger partial charge in [-0.3, -0.25) is 0 Å². The molecule has 0 bridgehead atoms. The Bertz CT molecular complexity index is 474.